The van der Waals surface area contributed by atoms with Crippen molar-refractivity contribution in [1.82, 2.24) is 9.97 Å². The second-order valence-electron chi connectivity index (χ2n) is 9.28. The lowest BCUT2D eigenvalue weighted by Gasteiger charge is -2.21. The number of aliphatic hydroxyl groups excluding tert-OH is 1. The molecule has 0 fully saturated rings. The Morgan fingerprint density at radius 2 is 1.79 bits per heavy atom. The molecule has 2 rings (SSSR count). The first-order chi connectivity index (χ1) is 15.6. The molecule has 0 saturated heterocycles. The number of sulfonamides is 1. The molecular formula is C24H32FN3O5S. The van der Waals surface area contributed by atoms with Crippen molar-refractivity contribution < 1.29 is 27.4 Å². The lowest BCUT2D eigenvalue weighted by Crippen LogP contribution is -2.27. The van der Waals surface area contributed by atoms with Crippen LogP contribution in [0.4, 0.5) is 10.3 Å². The highest BCUT2D eigenvalue weighted by atomic mass is 32.2. The van der Waals surface area contributed by atoms with Crippen LogP contribution in [-0.2, 0) is 19.6 Å². The van der Waals surface area contributed by atoms with Crippen molar-refractivity contribution in [1.29, 1.82) is 0 Å². The first-order valence-corrected chi connectivity index (χ1v) is 12.6. The van der Waals surface area contributed by atoms with E-state index in [4.69, 9.17) is 4.74 Å². The van der Waals surface area contributed by atoms with Crippen molar-refractivity contribution in [2.75, 3.05) is 17.6 Å². The zero-order valence-electron chi connectivity index (χ0n) is 20.5. The summed E-state index contributed by atoms with van der Waals surface area (Å²) in [5, 5.41) is 10.4. The summed E-state index contributed by atoms with van der Waals surface area (Å²) in [7, 11) is -2.28. The molecule has 0 aliphatic rings. The summed E-state index contributed by atoms with van der Waals surface area (Å²) in [6.07, 6.45) is 2.69. The van der Waals surface area contributed by atoms with E-state index in [1.807, 2.05) is 13.8 Å². The van der Waals surface area contributed by atoms with Gasteiger partial charge in [-0.05, 0) is 51.0 Å². The van der Waals surface area contributed by atoms with Crippen LogP contribution in [0.1, 0.15) is 58.2 Å². The Kier molecular flexibility index (Phi) is 8.54. The molecule has 0 saturated carbocycles. The van der Waals surface area contributed by atoms with Gasteiger partial charge in [0.2, 0.25) is 16.0 Å². The van der Waals surface area contributed by atoms with Gasteiger partial charge in [-0.1, -0.05) is 26.0 Å². The molecule has 1 unspecified atom stereocenters. The third kappa shape index (κ3) is 7.59. The topological polar surface area (TPSA) is 110 Å². The Morgan fingerprint density at radius 1 is 1.21 bits per heavy atom. The molecule has 0 bridgehead atoms. The smallest absolute Gasteiger partial charge is 0.309 e. The second kappa shape index (κ2) is 10.6. The van der Waals surface area contributed by atoms with Crippen molar-refractivity contribution in [3.05, 3.63) is 47.4 Å². The average molecular weight is 494 g/mol. The summed E-state index contributed by atoms with van der Waals surface area (Å²) in [4.78, 5) is 21.0. The van der Waals surface area contributed by atoms with E-state index in [9.17, 15) is 22.7 Å². The molecule has 1 aromatic heterocycles. The molecule has 10 heteroatoms. The largest absolute Gasteiger partial charge is 0.460 e. The molecule has 0 aliphatic heterocycles. The zero-order chi connectivity index (χ0) is 25.8. The number of carbonyl (C=O) groups excluding carboxylic acids is 1. The lowest BCUT2D eigenvalue weighted by atomic mass is 9.97. The molecule has 2 aromatic rings. The predicted molar refractivity (Wildman–Crippen MR) is 130 cm³/mol. The summed E-state index contributed by atoms with van der Waals surface area (Å²) < 4.78 is 44.0. The molecule has 0 amide bonds. The van der Waals surface area contributed by atoms with Crippen LogP contribution in [0, 0.1) is 5.82 Å². The van der Waals surface area contributed by atoms with Gasteiger partial charge in [0.05, 0.1) is 30.2 Å². The van der Waals surface area contributed by atoms with E-state index in [1.165, 1.54) is 37.4 Å². The predicted octanol–water partition coefficient (Wildman–Crippen LogP) is 3.91. The number of aliphatic hydroxyl groups is 1. The maximum atomic E-state index is 13.6. The summed E-state index contributed by atoms with van der Waals surface area (Å²) >= 11 is 0. The normalized spacial score (nSPS) is 13.4. The second-order valence-corrected chi connectivity index (χ2v) is 11.3. The van der Waals surface area contributed by atoms with Gasteiger partial charge < -0.3 is 9.84 Å². The molecule has 34 heavy (non-hydrogen) atoms. The molecule has 186 valence electrons. The number of ether oxygens (including phenoxy) is 1. The van der Waals surface area contributed by atoms with Crippen molar-refractivity contribution in [2.24, 2.45) is 0 Å². The van der Waals surface area contributed by atoms with Gasteiger partial charge in [0.1, 0.15) is 11.4 Å². The lowest BCUT2D eigenvalue weighted by molar-refractivity contribution is -0.156. The Hall–Kier alpha value is -2.85. The molecule has 1 heterocycles. The Bertz CT molecular complexity index is 1160. The number of nitrogens with zero attached hydrogens (tertiary/aromatic N) is 3. The van der Waals surface area contributed by atoms with Crippen LogP contribution in [0.25, 0.3) is 17.3 Å². The minimum Gasteiger partial charge on any atom is -0.460 e. The minimum absolute atomic E-state index is 0.0306. The van der Waals surface area contributed by atoms with Gasteiger partial charge in [-0.2, -0.15) is 0 Å². The third-order valence-electron chi connectivity index (χ3n) is 4.69. The highest BCUT2D eigenvalue weighted by molar-refractivity contribution is 7.92. The number of hydrogen-bond acceptors (Lipinski definition) is 7. The SMILES string of the molecule is CC(C)c1nc(N(C)S(C)(=O)=O)nc(-c2ccc(F)cc2)c1C=CC(O)CC(=O)OC(C)(C)C. The molecular weight excluding hydrogens is 461 g/mol. The molecule has 8 nitrogen and oxygen atoms in total. The molecule has 0 aliphatic carbocycles. The fourth-order valence-electron chi connectivity index (χ4n) is 3.03. The summed E-state index contributed by atoms with van der Waals surface area (Å²) in [5.41, 5.74) is 1.28. The number of rotatable bonds is 8. The van der Waals surface area contributed by atoms with E-state index >= 15 is 0 Å². The minimum atomic E-state index is -3.63. The Morgan fingerprint density at radius 3 is 2.29 bits per heavy atom. The van der Waals surface area contributed by atoms with Crippen LogP contribution in [0.15, 0.2) is 30.3 Å². The van der Waals surface area contributed by atoms with E-state index in [2.05, 4.69) is 9.97 Å². The Balaban J connectivity index is 2.59. The fourth-order valence-corrected chi connectivity index (χ4v) is 3.40. The highest BCUT2D eigenvalue weighted by Crippen LogP contribution is 2.31. The third-order valence-corrected chi connectivity index (χ3v) is 5.85. The molecule has 0 spiro atoms. The van der Waals surface area contributed by atoms with Crippen molar-refractivity contribution in [3.8, 4) is 11.3 Å². The monoisotopic (exact) mass is 493 g/mol. The fraction of sp³-hybridized carbons (Fsp3) is 0.458. The summed E-state index contributed by atoms with van der Waals surface area (Å²) in [5.74, 6) is -1.15. The number of esters is 1. The van der Waals surface area contributed by atoms with Gasteiger partial charge in [0.25, 0.3) is 0 Å². The number of benzene rings is 1. The van der Waals surface area contributed by atoms with E-state index < -0.39 is 33.5 Å². The standard InChI is InChI=1S/C24H32FN3O5S/c1-15(2)21-19(13-12-18(29)14-20(30)33-24(3,4)5)22(16-8-10-17(25)11-9-16)27-23(26-21)28(6)34(7,31)32/h8-13,15,18,29H,14H2,1-7H3. The first kappa shape index (κ1) is 27.4. The van der Waals surface area contributed by atoms with Crippen molar-refractivity contribution in [3.63, 3.8) is 0 Å². The average Bonchev–Trinajstić information content (AvgIpc) is 2.69. The molecule has 1 atom stereocenters. The Labute approximate surface area is 200 Å². The van der Waals surface area contributed by atoms with Crippen LogP contribution in [0.3, 0.4) is 0 Å². The first-order valence-electron chi connectivity index (χ1n) is 10.8. The van der Waals surface area contributed by atoms with Gasteiger partial charge in [0, 0.05) is 18.2 Å². The van der Waals surface area contributed by atoms with E-state index in [0.717, 1.165) is 10.6 Å². The number of anilines is 1. The summed E-state index contributed by atoms with van der Waals surface area (Å²) in [6, 6.07) is 5.61. The van der Waals surface area contributed by atoms with Crippen LogP contribution in [0.2, 0.25) is 0 Å². The maximum Gasteiger partial charge on any atom is 0.309 e. The van der Waals surface area contributed by atoms with Crippen molar-refractivity contribution in [2.45, 2.75) is 58.7 Å². The van der Waals surface area contributed by atoms with Gasteiger partial charge in [-0.3, -0.25) is 4.79 Å². The highest BCUT2D eigenvalue weighted by Gasteiger charge is 2.23. The summed E-state index contributed by atoms with van der Waals surface area (Å²) in [6.45, 7) is 8.99. The van der Waals surface area contributed by atoms with Crippen molar-refractivity contribution >= 4 is 28.0 Å². The number of hydrogen-bond donors (Lipinski definition) is 1. The molecule has 0 radical (unpaired) electrons. The van der Waals surface area contributed by atoms with Gasteiger partial charge in [0.15, 0.2) is 0 Å². The zero-order valence-corrected chi connectivity index (χ0v) is 21.4. The van der Waals surface area contributed by atoms with E-state index in [-0.39, 0.29) is 18.3 Å². The number of carbonyl (C=O) groups is 1. The van der Waals surface area contributed by atoms with Gasteiger partial charge in [-0.15, -0.1) is 0 Å². The number of aromatic nitrogens is 2. The van der Waals surface area contributed by atoms with Gasteiger partial charge in [-0.25, -0.2) is 27.1 Å². The van der Waals surface area contributed by atoms with E-state index in [1.54, 1.807) is 26.8 Å². The van der Waals surface area contributed by atoms with Crippen LogP contribution < -0.4 is 4.31 Å². The number of halogens is 1. The maximum absolute atomic E-state index is 13.6. The van der Waals surface area contributed by atoms with E-state index in [0.29, 0.717) is 22.5 Å². The quantitative estimate of drug-likeness (QED) is 0.555. The van der Waals surface area contributed by atoms with Crippen LogP contribution in [0.5, 0.6) is 0 Å². The van der Waals surface area contributed by atoms with Gasteiger partial charge >= 0.3 is 5.97 Å². The van der Waals surface area contributed by atoms with Crippen LogP contribution in [-0.4, -0.2) is 54.5 Å². The molecule has 1 aromatic carbocycles. The molecule has 1 N–H and O–H groups in total. The van der Waals surface area contributed by atoms with Crippen LogP contribution >= 0.6 is 0 Å².